The number of imidazole rings is 1. The van der Waals surface area contributed by atoms with E-state index in [2.05, 4.69) is 34.8 Å². The molecule has 0 unspecified atom stereocenters. The van der Waals surface area contributed by atoms with Crippen molar-refractivity contribution in [1.82, 2.24) is 9.38 Å². The molecular formula is C11H13BrN2O. The monoisotopic (exact) mass is 268 g/mol. The van der Waals surface area contributed by atoms with Gasteiger partial charge in [0.05, 0.1) is 18.0 Å². The topological polar surface area (TPSA) is 37.5 Å². The molecule has 0 aliphatic heterocycles. The van der Waals surface area contributed by atoms with Gasteiger partial charge in [0.15, 0.2) is 0 Å². The number of rotatable bonds is 2. The second kappa shape index (κ2) is 3.94. The molecule has 0 aliphatic rings. The summed E-state index contributed by atoms with van der Waals surface area (Å²) in [5.74, 6) is 0.325. The van der Waals surface area contributed by atoms with Crippen LogP contribution < -0.4 is 0 Å². The number of fused-ring (bicyclic) bond motifs is 1. The molecule has 0 radical (unpaired) electrons. The first-order valence-electron chi connectivity index (χ1n) is 4.90. The highest BCUT2D eigenvalue weighted by Crippen LogP contribution is 2.22. The van der Waals surface area contributed by atoms with Crippen LogP contribution in [-0.2, 0) is 6.61 Å². The van der Waals surface area contributed by atoms with Gasteiger partial charge in [0, 0.05) is 10.7 Å². The number of aliphatic hydroxyl groups excluding tert-OH is 1. The van der Waals surface area contributed by atoms with E-state index >= 15 is 0 Å². The average molecular weight is 269 g/mol. The minimum atomic E-state index is 0.0190. The maximum atomic E-state index is 9.37. The van der Waals surface area contributed by atoms with Crippen molar-refractivity contribution in [2.45, 2.75) is 26.4 Å². The molecule has 1 N–H and O–H groups in total. The third-order valence-electron chi connectivity index (χ3n) is 2.41. The van der Waals surface area contributed by atoms with Crippen molar-refractivity contribution in [3.63, 3.8) is 0 Å². The SMILES string of the molecule is CC(C)c1nc2ccc(Br)cn2c1CO. The molecule has 0 bridgehead atoms. The highest BCUT2D eigenvalue weighted by molar-refractivity contribution is 9.10. The number of aromatic nitrogens is 2. The Hall–Kier alpha value is -0.870. The summed E-state index contributed by atoms with van der Waals surface area (Å²) in [6.07, 6.45) is 1.93. The molecule has 15 heavy (non-hydrogen) atoms. The molecule has 0 atom stereocenters. The van der Waals surface area contributed by atoms with Gasteiger partial charge >= 0.3 is 0 Å². The molecule has 4 heteroatoms. The van der Waals surface area contributed by atoms with Gasteiger partial charge < -0.3 is 9.51 Å². The second-order valence-corrected chi connectivity index (χ2v) is 4.75. The van der Waals surface area contributed by atoms with E-state index in [1.165, 1.54) is 0 Å². The fraction of sp³-hybridized carbons (Fsp3) is 0.364. The first-order valence-corrected chi connectivity index (χ1v) is 5.70. The summed E-state index contributed by atoms with van der Waals surface area (Å²) in [4.78, 5) is 4.51. The molecule has 0 amide bonds. The first-order chi connectivity index (χ1) is 7.13. The van der Waals surface area contributed by atoms with Crippen molar-refractivity contribution in [2.75, 3.05) is 0 Å². The fourth-order valence-electron chi connectivity index (χ4n) is 1.71. The lowest BCUT2D eigenvalue weighted by atomic mass is 10.1. The van der Waals surface area contributed by atoms with Crippen LogP contribution in [0, 0.1) is 0 Å². The number of hydrogen-bond acceptors (Lipinski definition) is 2. The van der Waals surface area contributed by atoms with Gasteiger partial charge in [0.2, 0.25) is 0 Å². The van der Waals surface area contributed by atoms with Gasteiger partial charge in [0.1, 0.15) is 5.65 Å². The van der Waals surface area contributed by atoms with E-state index in [0.29, 0.717) is 5.92 Å². The summed E-state index contributed by atoms with van der Waals surface area (Å²) in [6.45, 7) is 4.18. The Kier molecular flexibility index (Phi) is 2.80. The summed E-state index contributed by atoms with van der Waals surface area (Å²) in [6, 6.07) is 3.89. The van der Waals surface area contributed by atoms with Crippen molar-refractivity contribution in [3.8, 4) is 0 Å². The van der Waals surface area contributed by atoms with E-state index < -0.39 is 0 Å². The molecule has 2 heterocycles. The van der Waals surface area contributed by atoms with Gasteiger partial charge in [-0.15, -0.1) is 0 Å². The van der Waals surface area contributed by atoms with Gasteiger partial charge in [-0.3, -0.25) is 0 Å². The summed E-state index contributed by atoms with van der Waals surface area (Å²) in [5.41, 5.74) is 2.72. The Labute approximate surface area is 96.9 Å². The fourth-order valence-corrected chi connectivity index (χ4v) is 2.04. The molecule has 0 saturated carbocycles. The Morgan fingerprint density at radius 2 is 2.20 bits per heavy atom. The zero-order valence-electron chi connectivity index (χ0n) is 8.74. The highest BCUT2D eigenvalue weighted by atomic mass is 79.9. The van der Waals surface area contributed by atoms with E-state index in [1.807, 2.05) is 22.7 Å². The van der Waals surface area contributed by atoms with Crippen LogP contribution in [-0.4, -0.2) is 14.5 Å². The van der Waals surface area contributed by atoms with Crippen LogP contribution in [0.2, 0.25) is 0 Å². The van der Waals surface area contributed by atoms with Crippen molar-refractivity contribution in [2.24, 2.45) is 0 Å². The van der Waals surface area contributed by atoms with Crippen LogP contribution in [0.25, 0.3) is 5.65 Å². The van der Waals surface area contributed by atoms with Crippen molar-refractivity contribution in [3.05, 3.63) is 34.2 Å². The summed E-state index contributed by atoms with van der Waals surface area (Å²) in [5, 5.41) is 9.37. The molecule has 3 nitrogen and oxygen atoms in total. The smallest absolute Gasteiger partial charge is 0.137 e. The molecule has 0 aromatic carbocycles. The highest BCUT2D eigenvalue weighted by Gasteiger charge is 2.13. The second-order valence-electron chi connectivity index (χ2n) is 3.83. The zero-order chi connectivity index (χ0) is 11.0. The molecule has 2 aromatic heterocycles. The van der Waals surface area contributed by atoms with E-state index in [4.69, 9.17) is 0 Å². The third-order valence-corrected chi connectivity index (χ3v) is 2.88. The van der Waals surface area contributed by atoms with E-state index in [9.17, 15) is 5.11 Å². The van der Waals surface area contributed by atoms with Gasteiger partial charge in [-0.2, -0.15) is 0 Å². The Bertz CT molecular complexity index is 491. The Morgan fingerprint density at radius 3 is 2.80 bits per heavy atom. The van der Waals surface area contributed by atoms with Crippen LogP contribution >= 0.6 is 15.9 Å². The number of aliphatic hydroxyl groups is 1. The van der Waals surface area contributed by atoms with Gasteiger partial charge in [-0.05, 0) is 34.0 Å². The van der Waals surface area contributed by atoms with Crippen LogP contribution in [0.4, 0.5) is 0 Å². The van der Waals surface area contributed by atoms with Gasteiger partial charge in [-0.25, -0.2) is 4.98 Å². The normalized spacial score (nSPS) is 11.5. The van der Waals surface area contributed by atoms with E-state index in [-0.39, 0.29) is 6.61 Å². The van der Waals surface area contributed by atoms with Crippen LogP contribution in [0.15, 0.2) is 22.8 Å². The Morgan fingerprint density at radius 1 is 1.47 bits per heavy atom. The predicted molar refractivity (Wildman–Crippen MR) is 62.9 cm³/mol. The third kappa shape index (κ3) is 1.79. The molecule has 0 aliphatic carbocycles. The minimum absolute atomic E-state index is 0.0190. The number of halogens is 1. The Balaban J connectivity index is 2.74. The van der Waals surface area contributed by atoms with Crippen molar-refractivity contribution >= 4 is 21.6 Å². The number of hydrogen-bond donors (Lipinski definition) is 1. The van der Waals surface area contributed by atoms with Crippen LogP contribution in [0.3, 0.4) is 0 Å². The number of nitrogens with zero attached hydrogens (tertiary/aromatic N) is 2. The van der Waals surface area contributed by atoms with E-state index in [0.717, 1.165) is 21.5 Å². The lowest BCUT2D eigenvalue weighted by molar-refractivity contribution is 0.274. The molecule has 2 rings (SSSR count). The standard InChI is InChI=1S/C11H13BrN2O/c1-7(2)11-9(6-15)14-5-8(12)3-4-10(14)13-11/h3-5,7,15H,6H2,1-2H3. The van der Waals surface area contributed by atoms with Gasteiger partial charge in [-0.1, -0.05) is 13.8 Å². The average Bonchev–Trinajstić information content (AvgIpc) is 2.55. The zero-order valence-corrected chi connectivity index (χ0v) is 10.3. The lowest BCUT2D eigenvalue weighted by Crippen LogP contribution is -1.98. The van der Waals surface area contributed by atoms with Crippen molar-refractivity contribution in [1.29, 1.82) is 0 Å². The summed E-state index contributed by atoms with van der Waals surface area (Å²) >= 11 is 3.41. The minimum Gasteiger partial charge on any atom is -0.390 e. The van der Waals surface area contributed by atoms with Crippen LogP contribution in [0.1, 0.15) is 31.2 Å². The molecule has 0 spiro atoms. The summed E-state index contributed by atoms with van der Waals surface area (Å²) in [7, 11) is 0. The summed E-state index contributed by atoms with van der Waals surface area (Å²) < 4.78 is 2.91. The molecule has 2 aromatic rings. The molecule has 0 fully saturated rings. The van der Waals surface area contributed by atoms with E-state index in [1.54, 1.807) is 0 Å². The molecule has 80 valence electrons. The first kappa shape index (κ1) is 10.6. The number of pyridine rings is 1. The van der Waals surface area contributed by atoms with Crippen LogP contribution in [0.5, 0.6) is 0 Å². The van der Waals surface area contributed by atoms with Crippen molar-refractivity contribution < 1.29 is 5.11 Å². The predicted octanol–water partition coefficient (Wildman–Crippen LogP) is 2.71. The maximum Gasteiger partial charge on any atom is 0.137 e. The molecular weight excluding hydrogens is 256 g/mol. The lowest BCUT2D eigenvalue weighted by Gasteiger charge is -2.03. The quantitative estimate of drug-likeness (QED) is 0.910. The molecule has 0 saturated heterocycles. The maximum absolute atomic E-state index is 9.37. The van der Waals surface area contributed by atoms with Gasteiger partial charge in [0.25, 0.3) is 0 Å². The largest absolute Gasteiger partial charge is 0.390 e.